The molecule has 3 fully saturated rings. The zero-order chi connectivity index (χ0) is 16.4. The van der Waals surface area contributed by atoms with Crippen molar-refractivity contribution in [2.75, 3.05) is 26.2 Å². The molecule has 0 bridgehead atoms. The van der Waals surface area contributed by atoms with Gasteiger partial charge < -0.3 is 15.1 Å². The highest BCUT2D eigenvalue weighted by atomic mass is 16.2. The standard InChI is InChI=1S/C18H31N3O2/c1-13(2)17(22)20-8-5-9-21(11-10-20)18(23)16-12-14-6-3-4-7-15(14)19-16/h13-16,19H,3-12H2,1-2H3. The number of nitrogens with zero attached hydrogens (tertiary/aromatic N) is 2. The Kier molecular flexibility index (Phi) is 5.24. The van der Waals surface area contributed by atoms with Crippen LogP contribution in [0, 0.1) is 11.8 Å². The van der Waals surface area contributed by atoms with E-state index in [0.29, 0.717) is 25.0 Å². The predicted molar refractivity (Wildman–Crippen MR) is 89.9 cm³/mol. The number of rotatable bonds is 2. The van der Waals surface area contributed by atoms with E-state index in [1.807, 2.05) is 23.6 Å². The first-order chi connectivity index (χ1) is 11.1. The highest BCUT2D eigenvalue weighted by molar-refractivity contribution is 5.83. The summed E-state index contributed by atoms with van der Waals surface area (Å²) in [5, 5.41) is 3.59. The third kappa shape index (κ3) is 3.70. The molecule has 0 aromatic carbocycles. The summed E-state index contributed by atoms with van der Waals surface area (Å²) in [4.78, 5) is 29.0. The van der Waals surface area contributed by atoms with E-state index < -0.39 is 0 Å². The van der Waals surface area contributed by atoms with Crippen LogP contribution >= 0.6 is 0 Å². The Labute approximate surface area is 139 Å². The molecular weight excluding hydrogens is 290 g/mol. The van der Waals surface area contributed by atoms with Crippen LogP contribution in [-0.4, -0.2) is 59.9 Å². The topological polar surface area (TPSA) is 52.7 Å². The van der Waals surface area contributed by atoms with Crippen molar-refractivity contribution < 1.29 is 9.59 Å². The molecule has 23 heavy (non-hydrogen) atoms. The van der Waals surface area contributed by atoms with Crippen LogP contribution in [-0.2, 0) is 9.59 Å². The first-order valence-corrected chi connectivity index (χ1v) is 9.40. The lowest BCUT2D eigenvalue weighted by Crippen LogP contribution is -2.47. The largest absolute Gasteiger partial charge is 0.341 e. The van der Waals surface area contributed by atoms with Crippen LogP contribution in [0.15, 0.2) is 0 Å². The van der Waals surface area contributed by atoms with Crippen molar-refractivity contribution in [3.8, 4) is 0 Å². The fourth-order valence-corrected chi connectivity index (χ4v) is 4.45. The van der Waals surface area contributed by atoms with Crippen LogP contribution in [0.1, 0.15) is 52.4 Å². The SMILES string of the molecule is CC(C)C(=O)N1CCCN(C(=O)C2CC3CCCCC3N2)CC1. The van der Waals surface area contributed by atoms with Gasteiger partial charge in [0.1, 0.15) is 0 Å². The van der Waals surface area contributed by atoms with Crippen LogP contribution in [0.25, 0.3) is 0 Å². The number of fused-ring (bicyclic) bond motifs is 1. The van der Waals surface area contributed by atoms with Crippen molar-refractivity contribution in [2.45, 2.75) is 64.5 Å². The maximum absolute atomic E-state index is 12.9. The van der Waals surface area contributed by atoms with Crippen molar-refractivity contribution >= 4 is 11.8 Å². The molecule has 0 spiro atoms. The lowest BCUT2D eigenvalue weighted by atomic mass is 9.85. The second-order valence-corrected chi connectivity index (χ2v) is 7.76. The highest BCUT2D eigenvalue weighted by Crippen LogP contribution is 2.33. The van der Waals surface area contributed by atoms with Crippen LogP contribution in [0.4, 0.5) is 0 Å². The minimum Gasteiger partial charge on any atom is -0.341 e. The number of nitrogens with one attached hydrogen (secondary N) is 1. The Morgan fingerprint density at radius 1 is 0.957 bits per heavy atom. The Morgan fingerprint density at radius 3 is 2.39 bits per heavy atom. The molecule has 0 aromatic heterocycles. The van der Waals surface area contributed by atoms with Crippen molar-refractivity contribution in [3.63, 3.8) is 0 Å². The van der Waals surface area contributed by atoms with E-state index in [1.54, 1.807) is 0 Å². The molecule has 2 heterocycles. The maximum atomic E-state index is 12.9. The molecule has 3 rings (SSSR count). The summed E-state index contributed by atoms with van der Waals surface area (Å²) in [6.45, 7) is 6.83. The van der Waals surface area contributed by atoms with Gasteiger partial charge in [-0.1, -0.05) is 26.7 Å². The van der Waals surface area contributed by atoms with Crippen LogP contribution in [0.5, 0.6) is 0 Å². The molecule has 2 amide bonds. The Hall–Kier alpha value is -1.10. The summed E-state index contributed by atoms with van der Waals surface area (Å²) in [5.74, 6) is 1.21. The lowest BCUT2D eigenvalue weighted by Gasteiger charge is -2.26. The minimum absolute atomic E-state index is 0.00968. The summed E-state index contributed by atoms with van der Waals surface area (Å²) < 4.78 is 0. The predicted octanol–water partition coefficient (Wildman–Crippen LogP) is 1.62. The number of hydrogen-bond acceptors (Lipinski definition) is 3. The van der Waals surface area contributed by atoms with Gasteiger partial charge in [-0.25, -0.2) is 0 Å². The van der Waals surface area contributed by atoms with E-state index >= 15 is 0 Å². The van der Waals surface area contributed by atoms with E-state index in [2.05, 4.69) is 5.32 Å². The summed E-state index contributed by atoms with van der Waals surface area (Å²) >= 11 is 0. The van der Waals surface area contributed by atoms with Gasteiger partial charge >= 0.3 is 0 Å². The molecule has 0 radical (unpaired) electrons. The molecule has 1 N–H and O–H groups in total. The van der Waals surface area contributed by atoms with Crippen LogP contribution in [0.2, 0.25) is 0 Å². The van der Waals surface area contributed by atoms with Gasteiger partial charge in [0.15, 0.2) is 0 Å². The zero-order valence-electron chi connectivity index (χ0n) is 14.6. The third-order valence-electron chi connectivity index (χ3n) is 5.77. The maximum Gasteiger partial charge on any atom is 0.239 e. The van der Waals surface area contributed by atoms with Gasteiger partial charge in [-0.3, -0.25) is 9.59 Å². The fourth-order valence-electron chi connectivity index (χ4n) is 4.45. The van der Waals surface area contributed by atoms with E-state index in [-0.39, 0.29) is 23.8 Å². The number of carbonyl (C=O) groups is 2. The molecule has 0 aromatic rings. The van der Waals surface area contributed by atoms with Gasteiger partial charge in [-0.15, -0.1) is 0 Å². The van der Waals surface area contributed by atoms with Crippen LogP contribution < -0.4 is 5.32 Å². The lowest BCUT2D eigenvalue weighted by molar-refractivity contribution is -0.136. The first kappa shape index (κ1) is 16.7. The Morgan fingerprint density at radius 2 is 1.65 bits per heavy atom. The third-order valence-corrected chi connectivity index (χ3v) is 5.77. The second-order valence-electron chi connectivity index (χ2n) is 7.76. The van der Waals surface area contributed by atoms with Gasteiger partial charge in [0.05, 0.1) is 6.04 Å². The van der Waals surface area contributed by atoms with Gasteiger partial charge in [0.2, 0.25) is 11.8 Å². The van der Waals surface area contributed by atoms with Crippen molar-refractivity contribution in [1.29, 1.82) is 0 Å². The monoisotopic (exact) mass is 321 g/mol. The summed E-state index contributed by atoms with van der Waals surface area (Å²) in [6, 6.07) is 0.569. The summed E-state index contributed by atoms with van der Waals surface area (Å²) in [7, 11) is 0. The molecule has 5 heteroatoms. The van der Waals surface area contributed by atoms with Gasteiger partial charge in [0, 0.05) is 38.1 Å². The van der Waals surface area contributed by atoms with Gasteiger partial charge in [0.25, 0.3) is 0 Å². The second kappa shape index (κ2) is 7.20. The average Bonchev–Trinajstić information content (AvgIpc) is 2.83. The highest BCUT2D eigenvalue weighted by Gasteiger charge is 2.39. The molecule has 3 aliphatic rings. The van der Waals surface area contributed by atoms with E-state index in [9.17, 15) is 9.59 Å². The number of hydrogen-bond donors (Lipinski definition) is 1. The number of carbonyl (C=O) groups excluding carboxylic acids is 2. The normalized spacial score (nSPS) is 31.9. The fraction of sp³-hybridized carbons (Fsp3) is 0.889. The quantitative estimate of drug-likeness (QED) is 0.841. The summed E-state index contributed by atoms with van der Waals surface area (Å²) in [5.41, 5.74) is 0. The Balaban J connectivity index is 1.55. The zero-order valence-corrected chi connectivity index (χ0v) is 14.6. The molecule has 3 atom stereocenters. The van der Waals surface area contributed by atoms with E-state index in [4.69, 9.17) is 0 Å². The van der Waals surface area contributed by atoms with Crippen molar-refractivity contribution in [1.82, 2.24) is 15.1 Å². The van der Waals surface area contributed by atoms with E-state index in [1.165, 1.54) is 25.7 Å². The minimum atomic E-state index is 0.00968. The number of amides is 2. The molecule has 2 aliphatic heterocycles. The smallest absolute Gasteiger partial charge is 0.239 e. The molecule has 130 valence electrons. The van der Waals surface area contributed by atoms with E-state index in [0.717, 1.165) is 25.9 Å². The molecule has 1 aliphatic carbocycles. The van der Waals surface area contributed by atoms with Gasteiger partial charge in [-0.05, 0) is 31.6 Å². The Bertz CT molecular complexity index is 438. The molecular formula is C18H31N3O2. The molecule has 5 nitrogen and oxygen atoms in total. The molecule has 2 saturated heterocycles. The van der Waals surface area contributed by atoms with Crippen molar-refractivity contribution in [2.24, 2.45) is 11.8 Å². The van der Waals surface area contributed by atoms with Gasteiger partial charge in [-0.2, -0.15) is 0 Å². The van der Waals surface area contributed by atoms with Crippen molar-refractivity contribution in [3.05, 3.63) is 0 Å². The summed E-state index contributed by atoms with van der Waals surface area (Å²) in [6.07, 6.45) is 7.02. The van der Waals surface area contributed by atoms with Crippen LogP contribution in [0.3, 0.4) is 0 Å². The molecule has 3 unspecified atom stereocenters. The first-order valence-electron chi connectivity index (χ1n) is 9.40. The molecule has 1 saturated carbocycles. The average molecular weight is 321 g/mol.